The van der Waals surface area contributed by atoms with Gasteiger partial charge in [-0.25, -0.2) is 18.1 Å². The molecule has 0 unspecified atom stereocenters. The van der Waals surface area contributed by atoms with E-state index in [9.17, 15) is 8.42 Å². The lowest BCUT2D eigenvalue weighted by molar-refractivity contribution is 0.411. The Morgan fingerprint density at radius 1 is 1.42 bits per heavy atom. The third-order valence-electron chi connectivity index (χ3n) is 2.57. The van der Waals surface area contributed by atoms with Crippen LogP contribution in [-0.2, 0) is 16.6 Å². The first-order valence-electron chi connectivity index (χ1n) is 5.55. The molecule has 7 heteroatoms. The zero-order valence-corrected chi connectivity index (χ0v) is 12.2. The van der Waals surface area contributed by atoms with Crippen molar-refractivity contribution >= 4 is 21.4 Å². The number of methoxy groups -OCH3 is 1. The van der Waals surface area contributed by atoms with E-state index in [-0.39, 0.29) is 11.4 Å². The zero-order valence-electron chi connectivity index (χ0n) is 10.6. The fourth-order valence-electron chi connectivity index (χ4n) is 1.60. The molecule has 0 saturated heterocycles. The van der Waals surface area contributed by atoms with Gasteiger partial charge < -0.3 is 4.74 Å². The van der Waals surface area contributed by atoms with E-state index in [1.54, 1.807) is 37.7 Å². The number of thiazole rings is 1. The molecule has 5 nitrogen and oxygen atoms in total. The van der Waals surface area contributed by atoms with Gasteiger partial charge in [0, 0.05) is 11.6 Å². The molecule has 2 aromatic rings. The van der Waals surface area contributed by atoms with Crippen LogP contribution in [0.3, 0.4) is 0 Å². The molecule has 0 aliphatic carbocycles. The summed E-state index contributed by atoms with van der Waals surface area (Å²) >= 11 is 1.41. The van der Waals surface area contributed by atoms with E-state index in [0.717, 1.165) is 10.6 Å². The van der Waals surface area contributed by atoms with Crippen molar-refractivity contribution in [2.75, 3.05) is 7.11 Å². The van der Waals surface area contributed by atoms with Gasteiger partial charge in [0.1, 0.15) is 10.8 Å². The molecule has 0 radical (unpaired) electrons. The number of nitrogens with zero attached hydrogens (tertiary/aromatic N) is 1. The van der Waals surface area contributed by atoms with Crippen molar-refractivity contribution in [3.63, 3.8) is 0 Å². The standard InChI is InChI=1S/C12H14N2O3S2/c1-9-7-10(3-4-11(9)17-2)19(15,16)14-8-12-13-5-6-18-12/h3-7,14H,8H2,1-2H3. The van der Waals surface area contributed by atoms with Gasteiger partial charge in [0.25, 0.3) is 0 Å². The summed E-state index contributed by atoms with van der Waals surface area (Å²) in [5, 5.41) is 2.54. The molecule has 1 aromatic carbocycles. The molecular weight excluding hydrogens is 284 g/mol. The molecule has 0 saturated carbocycles. The van der Waals surface area contributed by atoms with Gasteiger partial charge in [0.05, 0.1) is 18.6 Å². The van der Waals surface area contributed by atoms with Crippen LogP contribution in [0.25, 0.3) is 0 Å². The van der Waals surface area contributed by atoms with Crippen molar-refractivity contribution < 1.29 is 13.2 Å². The molecule has 1 heterocycles. The highest BCUT2D eigenvalue weighted by atomic mass is 32.2. The molecule has 0 amide bonds. The third kappa shape index (κ3) is 3.31. The fourth-order valence-corrected chi connectivity index (χ4v) is 3.32. The molecule has 0 bridgehead atoms. The molecule has 0 aliphatic heterocycles. The zero-order chi connectivity index (χ0) is 13.9. The summed E-state index contributed by atoms with van der Waals surface area (Å²) in [6, 6.07) is 4.76. The van der Waals surface area contributed by atoms with Crippen molar-refractivity contribution in [3.05, 3.63) is 40.3 Å². The van der Waals surface area contributed by atoms with Crippen molar-refractivity contribution in [2.24, 2.45) is 0 Å². The monoisotopic (exact) mass is 298 g/mol. The molecule has 0 fully saturated rings. The first-order chi connectivity index (χ1) is 9.03. The van der Waals surface area contributed by atoms with Gasteiger partial charge >= 0.3 is 0 Å². The number of hydrogen-bond acceptors (Lipinski definition) is 5. The molecule has 19 heavy (non-hydrogen) atoms. The summed E-state index contributed by atoms with van der Waals surface area (Å²) in [7, 11) is -1.97. The number of aryl methyl sites for hydroxylation is 1. The highest BCUT2D eigenvalue weighted by molar-refractivity contribution is 7.89. The molecule has 1 N–H and O–H groups in total. The van der Waals surface area contributed by atoms with Crippen LogP contribution in [0, 0.1) is 6.92 Å². The number of hydrogen-bond donors (Lipinski definition) is 1. The first kappa shape index (κ1) is 14.0. The maximum absolute atomic E-state index is 12.1. The second-order valence-electron chi connectivity index (χ2n) is 3.88. The van der Waals surface area contributed by atoms with Crippen molar-refractivity contribution in [3.8, 4) is 5.75 Å². The number of ether oxygens (including phenoxy) is 1. The second-order valence-corrected chi connectivity index (χ2v) is 6.63. The van der Waals surface area contributed by atoms with E-state index in [4.69, 9.17) is 4.74 Å². The van der Waals surface area contributed by atoms with Gasteiger partial charge in [-0.1, -0.05) is 0 Å². The number of sulfonamides is 1. The van der Waals surface area contributed by atoms with Crippen LogP contribution < -0.4 is 9.46 Å². The molecule has 2 rings (SSSR count). The summed E-state index contributed by atoms with van der Waals surface area (Å²) in [6.45, 7) is 2.00. The summed E-state index contributed by atoms with van der Waals surface area (Å²) in [6.07, 6.45) is 1.64. The third-order valence-corrected chi connectivity index (χ3v) is 4.75. The number of nitrogens with one attached hydrogen (secondary N) is 1. The first-order valence-corrected chi connectivity index (χ1v) is 7.92. The molecular formula is C12H14N2O3S2. The number of benzene rings is 1. The molecule has 0 spiro atoms. The minimum absolute atomic E-state index is 0.199. The predicted octanol–water partition coefficient (Wildman–Crippen LogP) is 1.94. The fraction of sp³-hybridized carbons (Fsp3) is 0.250. The van der Waals surface area contributed by atoms with Gasteiger partial charge in [0.15, 0.2) is 0 Å². The summed E-state index contributed by atoms with van der Waals surface area (Å²) in [5.41, 5.74) is 0.777. The maximum atomic E-state index is 12.1. The second kappa shape index (κ2) is 5.68. The average Bonchev–Trinajstić information content (AvgIpc) is 2.89. The average molecular weight is 298 g/mol. The van der Waals surface area contributed by atoms with E-state index in [0.29, 0.717) is 5.75 Å². The lowest BCUT2D eigenvalue weighted by atomic mass is 10.2. The SMILES string of the molecule is COc1ccc(S(=O)(=O)NCc2nccs2)cc1C. The van der Waals surface area contributed by atoms with Crippen molar-refractivity contribution in [1.29, 1.82) is 0 Å². The normalized spacial score (nSPS) is 11.5. The highest BCUT2D eigenvalue weighted by Crippen LogP contribution is 2.21. The highest BCUT2D eigenvalue weighted by Gasteiger charge is 2.15. The van der Waals surface area contributed by atoms with Gasteiger partial charge in [-0.05, 0) is 30.7 Å². The topological polar surface area (TPSA) is 68.3 Å². The van der Waals surface area contributed by atoms with Crippen LogP contribution in [0.1, 0.15) is 10.6 Å². The van der Waals surface area contributed by atoms with Crippen LogP contribution in [0.5, 0.6) is 5.75 Å². The lowest BCUT2D eigenvalue weighted by Gasteiger charge is -2.08. The van der Waals surface area contributed by atoms with Crippen LogP contribution >= 0.6 is 11.3 Å². The van der Waals surface area contributed by atoms with E-state index in [2.05, 4.69) is 9.71 Å². The summed E-state index contributed by atoms with van der Waals surface area (Å²) in [4.78, 5) is 4.25. The van der Waals surface area contributed by atoms with Crippen molar-refractivity contribution in [1.82, 2.24) is 9.71 Å². The lowest BCUT2D eigenvalue weighted by Crippen LogP contribution is -2.23. The Morgan fingerprint density at radius 3 is 2.79 bits per heavy atom. The predicted molar refractivity (Wildman–Crippen MR) is 73.9 cm³/mol. The molecule has 0 aliphatic rings. The Balaban J connectivity index is 2.17. The molecule has 0 atom stereocenters. The molecule has 1 aromatic heterocycles. The van der Waals surface area contributed by atoms with Crippen LogP contribution in [0.2, 0.25) is 0 Å². The van der Waals surface area contributed by atoms with Crippen LogP contribution in [-0.4, -0.2) is 20.5 Å². The largest absolute Gasteiger partial charge is 0.496 e. The van der Waals surface area contributed by atoms with Crippen LogP contribution in [0.15, 0.2) is 34.7 Å². The van der Waals surface area contributed by atoms with Crippen LogP contribution in [0.4, 0.5) is 0 Å². The molecule has 102 valence electrons. The van der Waals surface area contributed by atoms with Gasteiger partial charge in [0.2, 0.25) is 10.0 Å². The Kier molecular flexibility index (Phi) is 4.18. The Morgan fingerprint density at radius 2 is 2.21 bits per heavy atom. The summed E-state index contributed by atoms with van der Waals surface area (Å²) < 4.78 is 31.8. The van der Waals surface area contributed by atoms with E-state index in [1.807, 2.05) is 0 Å². The van der Waals surface area contributed by atoms with E-state index >= 15 is 0 Å². The minimum Gasteiger partial charge on any atom is -0.496 e. The Bertz CT molecular complexity index is 652. The smallest absolute Gasteiger partial charge is 0.240 e. The quantitative estimate of drug-likeness (QED) is 0.916. The van der Waals surface area contributed by atoms with Crippen molar-refractivity contribution in [2.45, 2.75) is 18.4 Å². The Hall–Kier alpha value is -1.44. The number of rotatable bonds is 5. The minimum atomic E-state index is -3.52. The number of aromatic nitrogens is 1. The van der Waals surface area contributed by atoms with Gasteiger partial charge in [-0.3, -0.25) is 0 Å². The maximum Gasteiger partial charge on any atom is 0.240 e. The van der Waals surface area contributed by atoms with Gasteiger partial charge in [-0.2, -0.15) is 0 Å². The van der Waals surface area contributed by atoms with Gasteiger partial charge in [-0.15, -0.1) is 11.3 Å². The van der Waals surface area contributed by atoms with E-state index in [1.165, 1.54) is 17.4 Å². The van der Waals surface area contributed by atoms with E-state index < -0.39 is 10.0 Å². The Labute approximate surface area is 116 Å². The summed E-state index contributed by atoms with van der Waals surface area (Å²) in [5.74, 6) is 0.666.